The topological polar surface area (TPSA) is 136 Å². The third kappa shape index (κ3) is 6.52. The van der Waals surface area contributed by atoms with E-state index >= 15 is 0 Å². The second kappa shape index (κ2) is 11.4. The molecular weight excluding hydrogens is 460 g/mol. The molecule has 2 aliphatic rings. The minimum absolute atomic E-state index is 0.0219. The molecule has 0 bridgehead atoms. The van der Waals surface area contributed by atoms with Crippen molar-refractivity contribution in [2.45, 2.75) is 92.1 Å². The summed E-state index contributed by atoms with van der Waals surface area (Å²) in [5.41, 5.74) is 6.94. The number of Topliss-reactive ketones (excluding diaryl/α,β-unsaturated/α-hetero) is 1. The number of hydrogen-bond acceptors (Lipinski definition) is 8. The molecule has 1 fully saturated rings. The third-order valence-electron chi connectivity index (χ3n) is 8.11. The second-order valence-electron chi connectivity index (χ2n) is 11.3. The molecule has 0 radical (unpaired) electrons. The van der Waals surface area contributed by atoms with E-state index in [0.29, 0.717) is 29.8 Å². The molecule has 0 spiro atoms. The number of allylic oxidation sites excluding steroid dienone is 1. The first-order valence-corrected chi connectivity index (χ1v) is 12.9. The number of ether oxygens (including phenoxy) is 1. The van der Waals surface area contributed by atoms with Crippen LogP contribution in [0.1, 0.15) is 78.8 Å². The van der Waals surface area contributed by atoms with Gasteiger partial charge in [-0.2, -0.15) is 0 Å². The van der Waals surface area contributed by atoms with Gasteiger partial charge in [-0.05, 0) is 56.1 Å². The van der Waals surface area contributed by atoms with Gasteiger partial charge in [0.15, 0.2) is 0 Å². The summed E-state index contributed by atoms with van der Waals surface area (Å²) >= 11 is 0. The number of rotatable bonds is 3. The van der Waals surface area contributed by atoms with Crippen LogP contribution in [0, 0.1) is 29.1 Å². The number of carbonyl (C=O) groups excluding carboxylic acids is 2. The van der Waals surface area contributed by atoms with Gasteiger partial charge in [0.2, 0.25) is 5.89 Å². The molecule has 1 aliphatic heterocycles. The maximum absolute atomic E-state index is 13.3. The smallest absolute Gasteiger partial charge is 0.309 e. The Morgan fingerprint density at radius 3 is 2.58 bits per heavy atom. The molecule has 1 saturated carbocycles. The molecule has 2 heterocycles. The van der Waals surface area contributed by atoms with E-state index in [1.165, 1.54) is 11.8 Å². The summed E-state index contributed by atoms with van der Waals surface area (Å²) in [7, 11) is 0. The van der Waals surface area contributed by atoms with Gasteiger partial charge in [0, 0.05) is 12.3 Å². The van der Waals surface area contributed by atoms with Crippen LogP contribution in [0.2, 0.25) is 0 Å². The van der Waals surface area contributed by atoms with Crippen molar-refractivity contribution in [3.05, 3.63) is 35.1 Å². The zero-order chi connectivity index (χ0) is 26.8. The van der Waals surface area contributed by atoms with Crippen molar-refractivity contribution in [1.82, 2.24) is 4.98 Å². The van der Waals surface area contributed by atoms with E-state index in [2.05, 4.69) is 18.0 Å². The first-order chi connectivity index (χ1) is 16.8. The van der Waals surface area contributed by atoms with Crippen molar-refractivity contribution in [2.24, 2.45) is 34.8 Å². The number of esters is 1. The van der Waals surface area contributed by atoms with Crippen LogP contribution in [-0.2, 0) is 20.9 Å². The number of fused-ring (bicyclic) bond motifs is 1. The summed E-state index contributed by atoms with van der Waals surface area (Å²) in [6.45, 7) is 11.1. The Hall–Kier alpha value is -2.29. The highest BCUT2D eigenvalue weighted by molar-refractivity contribution is 5.88. The lowest BCUT2D eigenvalue weighted by atomic mass is 9.72. The van der Waals surface area contributed by atoms with Crippen LogP contribution in [0.25, 0.3) is 6.08 Å². The predicted octanol–water partition coefficient (Wildman–Crippen LogP) is 3.80. The lowest BCUT2D eigenvalue weighted by molar-refractivity contribution is -0.154. The van der Waals surface area contributed by atoms with Crippen molar-refractivity contribution >= 4 is 17.8 Å². The molecule has 4 N–H and O–H groups in total. The van der Waals surface area contributed by atoms with E-state index in [1.807, 2.05) is 13.8 Å². The normalized spacial score (nSPS) is 36.0. The van der Waals surface area contributed by atoms with E-state index in [-0.39, 0.29) is 24.7 Å². The Morgan fingerprint density at radius 1 is 1.25 bits per heavy atom. The Bertz CT molecular complexity index is 1010. The van der Waals surface area contributed by atoms with Crippen LogP contribution in [0.4, 0.5) is 0 Å². The molecule has 0 saturated heterocycles. The summed E-state index contributed by atoms with van der Waals surface area (Å²) in [4.78, 5) is 30.5. The lowest BCUT2D eigenvalue weighted by Gasteiger charge is -2.34. The molecule has 0 aromatic carbocycles. The number of ketones is 1. The summed E-state index contributed by atoms with van der Waals surface area (Å²) in [6, 6.07) is 0. The van der Waals surface area contributed by atoms with Gasteiger partial charge in [-0.15, -0.1) is 0 Å². The molecule has 1 aromatic rings. The molecule has 200 valence electrons. The fraction of sp³-hybridized carbons (Fsp3) is 0.679. The summed E-state index contributed by atoms with van der Waals surface area (Å²) in [6.07, 6.45) is 4.88. The van der Waals surface area contributed by atoms with E-state index in [9.17, 15) is 19.8 Å². The molecule has 3 rings (SSSR count). The third-order valence-corrected chi connectivity index (χ3v) is 8.11. The van der Waals surface area contributed by atoms with Crippen LogP contribution in [0.15, 0.2) is 27.9 Å². The van der Waals surface area contributed by atoms with Gasteiger partial charge in [0.05, 0.1) is 30.6 Å². The van der Waals surface area contributed by atoms with Crippen LogP contribution in [0.5, 0.6) is 0 Å². The Kier molecular flexibility index (Phi) is 8.96. The van der Waals surface area contributed by atoms with E-state index in [4.69, 9.17) is 14.9 Å². The maximum Gasteiger partial charge on any atom is 0.309 e. The second-order valence-corrected chi connectivity index (χ2v) is 11.3. The zero-order valence-electron chi connectivity index (χ0n) is 22.4. The van der Waals surface area contributed by atoms with Crippen molar-refractivity contribution in [3.63, 3.8) is 0 Å². The molecule has 1 aromatic heterocycles. The van der Waals surface area contributed by atoms with Gasteiger partial charge in [0.1, 0.15) is 23.8 Å². The highest BCUT2D eigenvalue weighted by Crippen LogP contribution is 2.50. The number of aliphatic hydroxyl groups is 2. The first kappa shape index (κ1) is 28.3. The van der Waals surface area contributed by atoms with Crippen molar-refractivity contribution in [2.75, 3.05) is 0 Å². The van der Waals surface area contributed by atoms with Gasteiger partial charge in [0.25, 0.3) is 0 Å². The zero-order valence-corrected chi connectivity index (χ0v) is 22.4. The van der Waals surface area contributed by atoms with Crippen LogP contribution in [0.3, 0.4) is 0 Å². The van der Waals surface area contributed by atoms with Crippen LogP contribution >= 0.6 is 0 Å². The molecule has 1 aliphatic carbocycles. The van der Waals surface area contributed by atoms with Crippen molar-refractivity contribution in [3.8, 4) is 0 Å². The standard InChI is InChI=1S/C28H42N2O6/c1-15-7-8-22(16(2)10-20-14-35-24(13-29)30-20)36-25(32)12-23(31)28(5,6)27(34)18(4)26(33)17(3)21-11-19(21)9-15/h7,10,14,17-19,21-23,26,31,33H,8-9,11-13,29H2,1-6H3/b15-7-,16-10?/t17-,18+,19?,21?,22+,23-,26+/m0/s1. The Balaban J connectivity index is 1.88. The SMILES string of the molecule is CC(=Cc1coc(CN)n1)[C@H]1C/C=C(/C)CC2CC2[C@H](C)[C@@H](O)[C@@H](C)C(=O)C(C)(C)[C@@H](O)CC(=O)O1. The monoisotopic (exact) mass is 502 g/mol. The number of carbonyl (C=O) groups is 2. The average molecular weight is 503 g/mol. The largest absolute Gasteiger partial charge is 0.457 e. The highest BCUT2D eigenvalue weighted by atomic mass is 16.5. The Labute approximate surface area is 214 Å². The van der Waals surface area contributed by atoms with Crippen LogP contribution < -0.4 is 5.73 Å². The summed E-state index contributed by atoms with van der Waals surface area (Å²) < 4.78 is 11.1. The number of oxazole rings is 1. The van der Waals surface area contributed by atoms with Gasteiger partial charge >= 0.3 is 5.97 Å². The molecule has 36 heavy (non-hydrogen) atoms. The average Bonchev–Trinajstić information content (AvgIpc) is 3.44. The highest BCUT2D eigenvalue weighted by Gasteiger charge is 2.47. The molecular formula is C28H42N2O6. The number of aromatic nitrogens is 1. The number of aliphatic hydroxyl groups excluding tert-OH is 2. The minimum atomic E-state index is -1.24. The predicted molar refractivity (Wildman–Crippen MR) is 136 cm³/mol. The van der Waals surface area contributed by atoms with Gasteiger partial charge < -0.3 is 25.1 Å². The minimum Gasteiger partial charge on any atom is -0.457 e. The first-order valence-electron chi connectivity index (χ1n) is 12.9. The number of cyclic esters (lactones) is 1. The fourth-order valence-electron chi connectivity index (χ4n) is 5.33. The number of nitrogens with zero attached hydrogens (tertiary/aromatic N) is 1. The summed E-state index contributed by atoms with van der Waals surface area (Å²) in [5.74, 6) is -0.275. The number of nitrogens with two attached hydrogens (primary N) is 1. The summed E-state index contributed by atoms with van der Waals surface area (Å²) in [5, 5.41) is 21.8. The molecule has 0 amide bonds. The van der Waals surface area contributed by atoms with Crippen LogP contribution in [-0.4, -0.2) is 45.3 Å². The Morgan fingerprint density at radius 2 is 1.94 bits per heavy atom. The lowest BCUT2D eigenvalue weighted by Crippen LogP contribution is -2.46. The van der Waals surface area contributed by atoms with Crippen molar-refractivity contribution in [1.29, 1.82) is 0 Å². The molecule has 7 atom stereocenters. The molecule has 8 nitrogen and oxygen atoms in total. The fourth-order valence-corrected chi connectivity index (χ4v) is 5.33. The quantitative estimate of drug-likeness (QED) is 0.419. The van der Waals surface area contributed by atoms with Gasteiger partial charge in [-0.3, -0.25) is 9.59 Å². The van der Waals surface area contributed by atoms with E-state index in [0.717, 1.165) is 18.4 Å². The maximum atomic E-state index is 13.3. The molecule has 2 unspecified atom stereocenters. The van der Waals surface area contributed by atoms with E-state index < -0.39 is 35.6 Å². The van der Waals surface area contributed by atoms with Gasteiger partial charge in [-0.1, -0.05) is 39.3 Å². The van der Waals surface area contributed by atoms with Crippen molar-refractivity contribution < 1.29 is 29.0 Å². The van der Waals surface area contributed by atoms with E-state index in [1.54, 1.807) is 26.8 Å². The van der Waals surface area contributed by atoms with Gasteiger partial charge in [-0.25, -0.2) is 4.98 Å². The number of hydrogen-bond donors (Lipinski definition) is 3. The molecule has 8 heteroatoms.